The molecule has 0 saturated carbocycles. The van der Waals surface area contributed by atoms with Crippen LogP contribution in [-0.4, -0.2) is 85.5 Å². The van der Waals surface area contributed by atoms with Gasteiger partial charge in [-0.05, 0) is 44.8 Å². The quantitative estimate of drug-likeness (QED) is 0.803. The summed E-state index contributed by atoms with van der Waals surface area (Å²) in [5.74, 6) is 1.53. The highest BCUT2D eigenvalue weighted by Gasteiger charge is 2.44. The van der Waals surface area contributed by atoms with E-state index in [1.165, 1.54) is 11.3 Å². The Labute approximate surface area is 156 Å². The van der Waals surface area contributed by atoms with Gasteiger partial charge in [0.2, 0.25) is 5.91 Å². The summed E-state index contributed by atoms with van der Waals surface area (Å²) in [5, 5.41) is 0. The number of piperazine rings is 1. The van der Waals surface area contributed by atoms with Gasteiger partial charge in [-0.15, -0.1) is 0 Å². The molecule has 1 aromatic carbocycles. The molecule has 1 amide bonds. The molecule has 2 heterocycles. The third-order valence-electron chi connectivity index (χ3n) is 5.85. The monoisotopic (exact) mass is 361 g/mol. The Kier molecular flexibility index (Phi) is 6.42. The average molecular weight is 362 g/mol. The highest BCUT2D eigenvalue weighted by atomic mass is 32.2. The summed E-state index contributed by atoms with van der Waals surface area (Å²) in [5.41, 5.74) is 0.882. The molecule has 0 atom stereocenters. The number of hydrogen-bond donors (Lipinski definition) is 0. The first-order chi connectivity index (χ1) is 12.2. The highest BCUT2D eigenvalue weighted by molar-refractivity contribution is 7.98. The average Bonchev–Trinajstić information content (AvgIpc) is 2.68. The molecule has 0 aliphatic carbocycles. The molecule has 3 rings (SSSR count). The number of likely N-dealkylation sites (tertiary alicyclic amines) is 1. The lowest BCUT2D eigenvalue weighted by molar-refractivity contribution is -0.141. The number of rotatable bonds is 5. The van der Waals surface area contributed by atoms with Crippen LogP contribution in [0, 0.1) is 0 Å². The van der Waals surface area contributed by atoms with Crippen LogP contribution >= 0.6 is 11.8 Å². The lowest BCUT2D eigenvalue weighted by atomic mass is 9.71. The minimum atomic E-state index is -0.324. The van der Waals surface area contributed by atoms with Gasteiger partial charge in [-0.1, -0.05) is 30.3 Å². The van der Waals surface area contributed by atoms with Crippen LogP contribution in [0.1, 0.15) is 18.4 Å². The van der Waals surface area contributed by atoms with Crippen molar-refractivity contribution in [3.8, 4) is 0 Å². The molecule has 138 valence electrons. The molecule has 0 N–H and O–H groups in total. The van der Waals surface area contributed by atoms with Crippen molar-refractivity contribution >= 4 is 17.7 Å². The Morgan fingerprint density at radius 2 is 1.68 bits per heavy atom. The Morgan fingerprint density at radius 3 is 2.28 bits per heavy atom. The SMILES string of the molecule is CSCCN1CCN(C(=O)C2(c3ccccc3)CCN(C)CC2)CC1. The second-order valence-corrected chi connectivity index (χ2v) is 8.36. The minimum absolute atomic E-state index is 0.324. The normalized spacial score (nSPS) is 22.1. The zero-order chi connectivity index (χ0) is 17.7. The molecule has 2 aliphatic rings. The Bertz CT molecular complexity index is 549. The van der Waals surface area contributed by atoms with Gasteiger partial charge in [0.15, 0.2) is 0 Å². The molecule has 4 nitrogen and oxygen atoms in total. The number of benzene rings is 1. The van der Waals surface area contributed by atoms with Crippen LogP contribution in [-0.2, 0) is 10.2 Å². The molecule has 0 spiro atoms. The molecule has 1 aromatic rings. The van der Waals surface area contributed by atoms with Gasteiger partial charge in [-0.25, -0.2) is 0 Å². The zero-order valence-corrected chi connectivity index (χ0v) is 16.4. The Morgan fingerprint density at radius 1 is 1.04 bits per heavy atom. The van der Waals surface area contributed by atoms with E-state index in [0.717, 1.165) is 58.7 Å². The third kappa shape index (κ3) is 4.21. The Balaban J connectivity index is 1.73. The van der Waals surface area contributed by atoms with Crippen molar-refractivity contribution in [1.29, 1.82) is 0 Å². The third-order valence-corrected chi connectivity index (χ3v) is 6.44. The smallest absolute Gasteiger partial charge is 0.233 e. The molecule has 2 aliphatic heterocycles. The summed E-state index contributed by atoms with van der Waals surface area (Å²) in [6.45, 7) is 6.89. The molecule has 0 bridgehead atoms. The van der Waals surface area contributed by atoms with E-state index in [4.69, 9.17) is 0 Å². The van der Waals surface area contributed by atoms with Crippen LogP contribution in [0.5, 0.6) is 0 Å². The molecule has 25 heavy (non-hydrogen) atoms. The molecule has 0 aromatic heterocycles. The molecule has 0 radical (unpaired) electrons. The van der Waals surface area contributed by atoms with Gasteiger partial charge < -0.3 is 9.80 Å². The van der Waals surface area contributed by atoms with E-state index < -0.39 is 0 Å². The highest BCUT2D eigenvalue weighted by Crippen LogP contribution is 2.37. The van der Waals surface area contributed by atoms with Crippen molar-refractivity contribution in [3.05, 3.63) is 35.9 Å². The molecule has 2 fully saturated rings. The molecule has 5 heteroatoms. The van der Waals surface area contributed by atoms with Gasteiger partial charge in [-0.3, -0.25) is 9.69 Å². The Hall–Kier alpha value is -1.04. The number of carbonyl (C=O) groups excluding carboxylic acids is 1. The van der Waals surface area contributed by atoms with Crippen molar-refractivity contribution in [2.45, 2.75) is 18.3 Å². The minimum Gasteiger partial charge on any atom is -0.339 e. The van der Waals surface area contributed by atoms with Crippen LogP contribution in [0.2, 0.25) is 0 Å². The summed E-state index contributed by atoms with van der Waals surface area (Å²) in [6, 6.07) is 10.5. The van der Waals surface area contributed by atoms with E-state index >= 15 is 0 Å². The van der Waals surface area contributed by atoms with E-state index in [1.54, 1.807) is 0 Å². The number of carbonyl (C=O) groups is 1. The van der Waals surface area contributed by atoms with Crippen LogP contribution in [0.3, 0.4) is 0 Å². The number of nitrogens with zero attached hydrogens (tertiary/aromatic N) is 3. The van der Waals surface area contributed by atoms with Crippen molar-refractivity contribution in [2.75, 3.05) is 64.9 Å². The maximum Gasteiger partial charge on any atom is 0.233 e. The van der Waals surface area contributed by atoms with Crippen molar-refractivity contribution in [3.63, 3.8) is 0 Å². The largest absolute Gasteiger partial charge is 0.339 e. The van der Waals surface area contributed by atoms with Crippen LogP contribution < -0.4 is 0 Å². The van der Waals surface area contributed by atoms with Crippen LogP contribution in [0.25, 0.3) is 0 Å². The van der Waals surface area contributed by atoms with Crippen molar-refractivity contribution < 1.29 is 4.79 Å². The van der Waals surface area contributed by atoms with Crippen molar-refractivity contribution in [2.24, 2.45) is 0 Å². The summed E-state index contributed by atoms with van der Waals surface area (Å²) >= 11 is 1.90. The van der Waals surface area contributed by atoms with E-state index in [9.17, 15) is 4.79 Å². The van der Waals surface area contributed by atoms with Crippen LogP contribution in [0.4, 0.5) is 0 Å². The first kappa shape index (κ1) is 18.7. The predicted molar refractivity (Wildman–Crippen MR) is 106 cm³/mol. The van der Waals surface area contributed by atoms with Crippen molar-refractivity contribution in [1.82, 2.24) is 14.7 Å². The van der Waals surface area contributed by atoms with Crippen LogP contribution in [0.15, 0.2) is 30.3 Å². The van der Waals surface area contributed by atoms with Gasteiger partial charge in [0.05, 0.1) is 5.41 Å². The van der Waals surface area contributed by atoms with Gasteiger partial charge in [0, 0.05) is 38.5 Å². The van der Waals surface area contributed by atoms with E-state index in [2.05, 4.69) is 52.3 Å². The second kappa shape index (κ2) is 8.56. The van der Waals surface area contributed by atoms with Gasteiger partial charge in [-0.2, -0.15) is 11.8 Å². The second-order valence-electron chi connectivity index (χ2n) is 7.38. The molecule has 0 unspecified atom stereocenters. The number of piperidine rings is 1. The molecule has 2 saturated heterocycles. The van der Waals surface area contributed by atoms with Gasteiger partial charge >= 0.3 is 0 Å². The van der Waals surface area contributed by atoms with E-state index in [0.29, 0.717) is 5.91 Å². The zero-order valence-electron chi connectivity index (χ0n) is 15.6. The number of amides is 1. The summed E-state index contributed by atoms with van der Waals surface area (Å²) < 4.78 is 0. The van der Waals surface area contributed by atoms with E-state index in [-0.39, 0.29) is 5.41 Å². The summed E-state index contributed by atoms with van der Waals surface area (Å²) in [7, 11) is 2.16. The molecular weight excluding hydrogens is 330 g/mol. The van der Waals surface area contributed by atoms with Gasteiger partial charge in [0.25, 0.3) is 0 Å². The first-order valence-corrected chi connectivity index (χ1v) is 10.8. The lowest BCUT2D eigenvalue weighted by Crippen LogP contribution is -2.57. The van der Waals surface area contributed by atoms with Gasteiger partial charge in [0.1, 0.15) is 0 Å². The fourth-order valence-electron chi connectivity index (χ4n) is 4.08. The predicted octanol–water partition coefficient (Wildman–Crippen LogP) is 2.16. The fraction of sp³-hybridized carbons (Fsp3) is 0.650. The topological polar surface area (TPSA) is 26.8 Å². The number of hydrogen-bond acceptors (Lipinski definition) is 4. The summed E-state index contributed by atoms with van der Waals surface area (Å²) in [6.07, 6.45) is 4.02. The maximum absolute atomic E-state index is 13.6. The fourth-order valence-corrected chi connectivity index (χ4v) is 4.52. The molecular formula is C20H31N3OS. The summed E-state index contributed by atoms with van der Waals surface area (Å²) in [4.78, 5) is 20.6. The maximum atomic E-state index is 13.6. The standard InChI is InChI=1S/C20H31N3OS/c1-21-10-8-20(9-11-21,18-6-4-3-5-7-18)19(24)23-14-12-22(13-15-23)16-17-25-2/h3-7H,8-17H2,1-2H3. The number of thioether (sulfide) groups is 1. The lowest BCUT2D eigenvalue weighted by Gasteiger charge is -2.45. The van der Waals surface area contributed by atoms with E-state index in [1.807, 2.05) is 17.8 Å². The first-order valence-electron chi connectivity index (χ1n) is 9.40.